The first kappa shape index (κ1) is 86.9. The first-order valence-corrected chi connectivity index (χ1v) is 40.2. The van der Waals surface area contributed by atoms with Gasteiger partial charge in [-0.2, -0.15) is 0 Å². The Labute approximate surface area is 711 Å². The molecule has 0 aliphatic heterocycles. The van der Waals surface area contributed by atoms with Crippen molar-refractivity contribution in [3.63, 3.8) is 0 Å². The van der Waals surface area contributed by atoms with E-state index in [2.05, 4.69) is 25.0 Å². The molecule has 125 heavy (non-hydrogen) atoms. The van der Waals surface area contributed by atoms with Gasteiger partial charge in [0.05, 0.1) is 51.1 Å². The average molecular weight is 1690 g/mol. The van der Waals surface area contributed by atoms with Gasteiger partial charge in [-0.1, -0.05) is 86.6 Å². The molecular weight excluding hydrogens is 1600 g/mol. The lowest BCUT2D eigenvalue weighted by Gasteiger charge is -2.23. The summed E-state index contributed by atoms with van der Waals surface area (Å²) in [5.41, 5.74) is 3.83. The summed E-state index contributed by atoms with van der Waals surface area (Å²) < 4.78 is 43.8. The highest BCUT2D eigenvalue weighted by Gasteiger charge is 2.25. The van der Waals surface area contributed by atoms with Gasteiger partial charge in [0.15, 0.2) is 0 Å². The molecule has 0 fully saturated rings. The van der Waals surface area contributed by atoms with E-state index in [4.69, 9.17) is 40.4 Å². The van der Waals surface area contributed by atoms with Crippen LogP contribution < -0.4 is 50.3 Å². The second kappa shape index (κ2) is 38.7. The Hall–Kier alpha value is -14.5. The minimum Gasteiger partial charge on any atom is -0.507 e. The Bertz CT molecular complexity index is 7390. The maximum absolute atomic E-state index is 12.8. The highest BCUT2D eigenvalue weighted by atomic mass is 16.4. The van der Waals surface area contributed by atoms with E-state index in [0.29, 0.717) is 134 Å². The monoisotopic (exact) mass is 1690 g/mol. The number of pyridine rings is 1. The molecule has 0 radical (unpaired) electrons. The Balaban J connectivity index is 0.000000136. The number of phenols is 4. The zero-order valence-corrected chi connectivity index (χ0v) is 69.4. The van der Waals surface area contributed by atoms with Crippen molar-refractivity contribution in [1.29, 1.82) is 0 Å². The Morgan fingerprint density at radius 3 is 0.984 bits per heavy atom. The van der Waals surface area contributed by atoms with Gasteiger partial charge in [0, 0.05) is 167 Å². The van der Waals surface area contributed by atoms with Crippen molar-refractivity contribution in [2.24, 2.45) is 0 Å². The smallest absolute Gasteiger partial charge is 0.344 e. The summed E-state index contributed by atoms with van der Waals surface area (Å²) in [6.45, 7) is 11.0. The number of likely N-dealkylation sites (N-methyl/N-ethyl adjacent to an activating group) is 4. The Morgan fingerprint density at radius 1 is 0.328 bits per heavy atom. The average Bonchev–Trinajstić information content (AvgIpc) is 0.772. The number of phenolic OH excluding ortho intramolecular Hbond substituents is 4. The fraction of sp³-hybridized carbons (Fsp3) is 0.206. The molecule has 0 atom stereocenters. The van der Waals surface area contributed by atoms with E-state index in [1.54, 1.807) is 134 Å². The molecule has 28 nitrogen and oxygen atoms in total. The van der Waals surface area contributed by atoms with Crippen LogP contribution in [-0.2, 0) is 32.7 Å². The van der Waals surface area contributed by atoms with Gasteiger partial charge in [-0.3, -0.25) is 19.7 Å². The standard InChI is InChI=1S/C27H22N2O5.C25H26N2O5.C23H22N2O5.C22H19NO6/c1-2-29(15-17-9-11-28-12-10-17)16-22-23(30)8-7-19-20(14-25(31)34-26(19)22)21-13-18-5-3-4-6-24(18)33-27(21)32;1-4-27(12-11-26(2)3)15-20-21(28)10-9-17-18(14-23(29)32-24(17)20)19-13-16-7-5-6-8-22(16)31-25(19)30;1-25(2)10-9-24-13-18-19(26)8-7-15-16(12-21(27)30-22(15)18)17-11-14-5-3-4-6-20(14)29-23(17)28;1-23(8-9-24)12-17-18(25)7-6-14-15(11-20(26)29-21(14)17)16-10-13-4-2-3-5-19(13)28-22(16)27/h3-14,30H,2,15-16H2,1H3;5-10,13-14,28H,4,11-12,15H2,1-3H3;3-8,11-12,24,26H,9-10,13H2,1-2H3;2-7,10-11,24-25H,8-9,12H2,1H3. The molecule has 0 aliphatic carbocycles. The van der Waals surface area contributed by atoms with Crippen LogP contribution in [0.3, 0.4) is 0 Å². The number of aliphatic hydroxyl groups is 1. The van der Waals surface area contributed by atoms with E-state index in [-0.39, 0.29) is 80.7 Å². The number of fused-ring (bicyclic) bond motifs is 8. The molecule has 28 heteroatoms. The molecule has 0 saturated carbocycles. The zero-order chi connectivity index (χ0) is 88.3. The topological polar surface area (TPSA) is 384 Å². The SMILES string of the molecule is CCN(CCN(C)C)Cc1c(O)ccc2c(-c3cc4ccccc4oc3=O)cc(=O)oc12.CCN(Cc1ccncc1)Cc1c(O)ccc2c(-c3cc4ccccc4oc3=O)cc(=O)oc12.CN(C)CCNCc1c(O)ccc2c(-c3cc4ccccc4oc3=O)cc(=O)oc12.CN(CCO)Cc1c(O)ccc2c(-c3cc4ccccc4oc3=O)cc(=O)oc12. The molecule has 0 bridgehead atoms. The summed E-state index contributed by atoms with van der Waals surface area (Å²) in [6, 6.07) is 57.3. The largest absolute Gasteiger partial charge is 0.507 e. The first-order chi connectivity index (χ1) is 60.3. The summed E-state index contributed by atoms with van der Waals surface area (Å²) in [4.78, 5) is 115. The van der Waals surface area contributed by atoms with Gasteiger partial charge < -0.3 is 76.0 Å². The molecule has 0 amide bonds. The number of aromatic nitrogens is 1. The van der Waals surface area contributed by atoms with Crippen molar-refractivity contribution >= 4 is 87.8 Å². The number of hydrogen-bond acceptors (Lipinski definition) is 28. The van der Waals surface area contributed by atoms with E-state index >= 15 is 0 Å². The number of para-hydroxylation sites is 4. The molecule has 0 unspecified atom stereocenters. The van der Waals surface area contributed by atoms with Crippen LogP contribution in [0.15, 0.2) is 292 Å². The Kier molecular flexibility index (Phi) is 26.9. The van der Waals surface area contributed by atoms with Crippen molar-refractivity contribution in [2.75, 3.05) is 87.7 Å². The van der Waals surface area contributed by atoms with Crippen molar-refractivity contribution in [2.45, 2.75) is 46.6 Å². The van der Waals surface area contributed by atoms with Crippen LogP contribution in [0.1, 0.15) is 41.7 Å². The zero-order valence-electron chi connectivity index (χ0n) is 69.4. The molecule has 9 heterocycles. The van der Waals surface area contributed by atoms with Crippen molar-refractivity contribution in [3.8, 4) is 67.5 Å². The predicted octanol–water partition coefficient (Wildman–Crippen LogP) is 14.0. The maximum Gasteiger partial charge on any atom is 0.344 e. The number of aliphatic hydroxyl groups excluding tert-OH is 1. The summed E-state index contributed by atoms with van der Waals surface area (Å²) in [5, 5.41) is 59.5. The van der Waals surface area contributed by atoms with Crippen LogP contribution in [0.25, 0.3) is 132 Å². The third-order valence-electron chi connectivity index (χ3n) is 21.3. The predicted molar refractivity (Wildman–Crippen MR) is 480 cm³/mol. The van der Waals surface area contributed by atoms with E-state index in [9.17, 15) is 58.8 Å². The fourth-order valence-electron chi connectivity index (χ4n) is 14.8. The van der Waals surface area contributed by atoms with Crippen LogP contribution in [0.4, 0.5) is 0 Å². The molecule has 6 N–H and O–H groups in total. The molecule has 17 aromatic rings. The van der Waals surface area contributed by atoms with Gasteiger partial charge in [-0.25, -0.2) is 38.4 Å². The van der Waals surface area contributed by atoms with Crippen LogP contribution in [0.5, 0.6) is 23.0 Å². The second-order valence-electron chi connectivity index (χ2n) is 30.4. The van der Waals surface area contributed by atoms with Gasteiger partial charge in [-0.15, -0.1) is 0 Å². The summed E-state index contributed by atoms with van der Waals surface area (Å²) >= 11 is 0. The number of aromatic hydroxyl groups is 4. The molecule has 0 aliphatic rings. The van der Waals surface area contributed by atoms with Gasteiger partial charge >= 0.3 is 45.0 Å². The van der Waals surface area contributed by atoms with Gasteiger partial charge in [-0.05, 0) is 163 Å². The lowest BCUT2D eigenvalue weighted by molar-refractivity contribution is 0.216. The third-order valence-corrected chi connectivity index (χ3v) is 21.3. The quantitative estimate of drug-likeness (QED) is 0.0242. The molecule has 9 aromatic heterocycles. The van der Waals surface area contributed by atoms with Crippen LogP contribution >= 0.6 is 0 Å². The van der Waals surface area contributed by atoms with Crippen molar-refractivity contribution < 1.29 is 60.9 Å². The molecule has 8 aromatic carbocycles. The van der Waals surface area contributed by atoms with Crippen molar-refractivity contribution in [1.82, 2.24) is 34.8 Å². The third kappa shape index (κ3) is 19.9. The van der Waals surface area contributed by atoms with E-state index in [0.717, 1.165) is 53.3 Å². The fourth-order valence-corrected chi connectivity index (χ4v) is 14.8. The normalized spacial score (nSPS) is 11.6. The molecule has 0 saturated heterocycles. The maximum atomic E-state index is 12.8. The summed E-state index contributed by atoms with van der Waals surface area (Å²) in [5.74, 6) is 0.0528. The Morgan fingerprint density at radius 2 is 0.648 bits per heavy atom. The van der Waals surface area contributed by atoms with Crippen LogP contribution in [0.2, 0.25) is 0 Å². The highest BCUT2D eigenvalue weighted by Crippen LogP contribution is 2.39. The second-order valence-corrected chi connectivity index (χ2v) is 30.4. The van der Waals surface area contributed by atoms with Crippen LogP contribution in [-0.4, -0.2) is 143 Å². The number of hydrogen-bond donors (Lipinski definition) is 6. The van der Waals surface area contributed by atoms with Gasteiger partial charge in [0.1, 0.15) is 67.7 Å². The molecule has 17 rings (SSSR count). The molecule has 0 spiro atoms. The van der Waals surface area contributed by atoms with Gasteiger partial charge in [0.2, 0.25) is 0 Å². The van der Waals surface area contributed by atoms with Crippen LogP contribution in [0, 0.1) is 0 Å². The lowest BCUT2D eigenvalue weighted by atomic mass is 9.99. The molecule has 638 valence electrons. The van der Waals surface area contributed by atoms with E-state index < -0.39 is 45.0 Å². The minimum atomic E-state index is -0.642. The lowest BCUT2D eigenvalue weighted by Crippen LogP contribution is -2.31. The number of rotatable bonds is 24. The summed E-state index contributed by atoms with van der Waals surface area (Å²) in [7, 11) is 9.72. The number of nitrogens with one attached hydrogen (secondary N) is 1. The van der Waals surface area contributed by atoms with Crippen molar-refractivity contribution in [3.05, 3.63) is 330 Å². The number of nitrogens with zero attached hydrogens (tertiary/aromatic N) is 6. The first-order valence-electron chi connectivity index (χ1n) is 40.2. The summed E-state index contributed by atoms with van der Waals surface area (Å²) in [6.07, 6.45) is 3.47. The van der Waals surface area contributed by atoms with E-state index in [1.807, 2.05) is 108 Å². The van der Waals surface area contributed by atoms with E-state index in [1.165, 1.54) is 36.4 Å². The highest BCUT2D eigenvalue weighted by molar-refractivity contribution is 6.01. The minimum absolute atomic E-state index is 0.0192. The number of benzene rings is 8. The van der Waals surface area contributed by atoms with Gasteiger partial charge in [0.25, 0.3) is 0 Å². The molecular formula is C97H89N7O21.